The van der Waals surface area contributed by atoms with E-state index in [-0.39, 0.29) is 15.9 Å². The monoisotopic (exact) mass is 387 g/mol. The van der Waals surface area contributed by atoms with Crippen molar-refractivity contribution in [3.05, 3.63) is 64.1 Å². The first kappa shape index (κ1) is 16.1. The second-order valence-corrected chi connectivity index (χ2v) is 7.00. The first-order valence-electron chi connectivity index (χ1n) is 6.03. The standard InChI is InChI=1S/C15H11Cl2NO2Se/c16-11-3-1-10(2-4-11)15(20)21-9-14(19)18-13-7-5-12(17)6-8-13/h1-8H,9H2,(H,18,19). The van der Waals surface area contributed by atoms with Gasteiger partial charge in [0.05, 0.1) is 0 Å². The third-order valence-corrected chi connectivity index (χ3v) is 4.94. The average molecular weight is 387 g/mol. The summed E-state index contributed by atoms with van der Waals surface area (Å²) in [5.74, 6) is -0.181. The Balaban J connectivity index is 1.84. The van der Waals surface area contributed by atoms with E-state index in [1.807, 2.05) is 0 Å². The SMILES string of the molecule is O=C(C[Se]C(=O)c1ccc(Cl)cc1)Nc1ccc(Cl)cc1. The topological polar surface area (TPSA) is 46.2 Å². The van der Waals surface area contributed by atoms with Gasteiger partial charge in [-0.05, 0) is 0 Å². The van der Waals surface area contributed by atoms with Crippen LogP contribution in [0.1, 0.15) is 10.4 Å². The van der Waals surface area contributed by atoms with Crippen LogP contribution < -0.4 is 5.32 Å². The van der Waals surface area contributed by atoms with Crippen LogP contribution in [0.5, 0.6) is 0 Å². The number of hydrogen-bond donors (Lipinski definition) is 1. The van der Waals surface area contributed by atoms with Crippen LogP contribution >= 0.6 is 23.2 Å². The fourth-order valence-electron chi connectivity index (χ4n) is 1.53. The molecule has 0 aliphatic carbocycles. The normalized spacial score (nSPS) is 10.2. The van der Waals surface area contributed by atoms with Crippen molar-refractivity contribution in [2.24, 2.45) is 0 Å². The summed E-state index contributed by atoms with van der Waals surface area (Å²) in [6, 6.07) is 13.5. The van der Waals surface area contributed by atoms with E-state index in [1.54, 1.807) is 48.5 Å². The van der Waals surface area contributed by atoms with Crippen molar-refractivity contribution in [1.29, 1.82) is 0 Å². The van der Waals surface area contributed by atoms with Crippen LogP contribution in [0.2, 0.25) is 15.4 Å². The van der Waals surface area contributed by atoms with Gasteiger partial charge < -0.3 is 0 Å². The molecule has 2 aromatic rings. The molecule has 0 radical (unpaired) electrons. The van der Waals surface area contributed by atoms with Gasteiger partial charge in [-0.25, -0.2) is 0 Å². The van der Waals surface area contributed by atoms with E-state index >= 15 is 0 Å². The predicted molar refractivity (Wildman–Crippen MR) is 86.4 cm³/mol. The number of carbonyl (C=O) groups excluding carboxylic acids is 2. The van der Waals surface area contributed by atoms with Gasteiger partial charge in [0, 0.05) is 0 Å². The average Bonchev–Trinajstić information content (AvgIpc) is 2.48. The van der Waals surface area contributed by atoms with Crippen LogP contribution in [0, 0.1) is 0 Å². The van der Waals surface area contributed by atoms with E-state index in [9.17, 15) is 9.59 Å². The van der Waals surface area contributed by atoms with Gasteiger partial charge in [-0.15, -0.1) is 0 Å². The molecule has 108 valence electrons. The summed E-state index contributed by atoms with van der Waals surface area (Å²) in [7, 11) is 0. The summed E-state index contributed by atoms with van der Waals surface area (Å²) in [6.45, 7) is 0. The summed E-state index contributed by atoms with van der Waals surface area (Å²) in [6.07, 6.45) is 0. The number of nitrogens with one attached hydrogen (secondary N) is 1. The Labute approximate surface area is 138 Å². The number of rotatable bonds is 5. The molecule has 3 nitrogen and oxygen atoms in total. The van der Waals surface area contributed by atoms with Gasteiger partial charge in [0.1, 0.15) is 0 Å². The van der Waals surface area contributed by atoms with Gasteiger partial charge in [-0.2, -0.15) is 0 Å². The van der Waals surface area contributed by atoms with Gasteiger partial charge in [0.2, 0.25) is 0 Å². The molecule has 0 saturated heterocycles. The molecule has 0 atom stereocenters. The van der Waals surface area contributed by atoms with Gasteiger partial charge >= 0.3 is 139 Å². The van der Waals surface area contributed by atoms with E-state index in [1.165, 1.54) is 0 Å². The van der Waals surface area contributed by atoms with E-state index in [0.717, 1.165) is 0 Å². The molecule has 1 amide bonds. The Kier molecular flexibility index (Phi) is 5.83. The molecule has 6 heteroatoms. The fourth-order valence-corrected chi connectivity index (χ4v) is 3.12. The molecule has 0 aromatic heterocycles. The molecule has 0 spiro atoms. The molecule has 0 heterocycles. The minimum absolute atomic E-state index is 0.0228. The Morgan fingerprint density at radius 3 is 2.00 bits per heavy atom. The van der Waals surface area contributed by atoms with Gasteiger partial charge in [-0.1, -0.05) is 0 Å². The molecule has 0 unspecified atom stereocenters. The number of hydrogen-bond acceptors (Lipinski definition) is 2. The Morgan fingerprint density at radius 2 is 1.43 bits per heavy atom. The number of carbonyl (C=O) groups is 2. The molecule has 0 fully saturated rings. The minimum atomic E-state index is -0.440. The van der Waals surface area contributed by atoms with Crippen LogP contribution in [-0.2, 0) is 4.79 Å². The predicted octanol–water partition coefficient (Wildman–Crippen LogP) is 3.89. The number of benzene rings is 2. The Morgan fingerprint density at radius 1 is 0.905 bits per heavy atom. The molecule has 0 bridgehead atoms. The van der Waals surface area contributed by atoms with Crippen molar-refractivity contribution in [1.82, 2.24) is 0 Å². The Hall–Kier alpha value is -1.32. The van der Waals surface area contributed by atoms with Crippen molar-refractivity contribution in [2.45, 2.75) is 5.32 Å². The van der Waals surface area contributed by atoms with E-state index < -0.39 is 15.0 Å². The molecule has 21 heavy (non-hydrogen) atoms. The maximum absolute atomic E-state index is 11.9. The summed E-state index contributed by atoms with van der Waals surface area (Å²) < 4.78 is -0.0228. The zero-order valence-electron chi connectivity index (χ0n) is 10.8. The van der Waals surface area contributed by atoms with Crippen LogP contribution in [0.15, 0.2) is 48.5 Å². The summed E-state index contributed by atoms with van der Waals surface area (Å²) >= 11 is 11.1. The second-order valence-electron chi connectivity index (χ2n) is 4.14. The molecular weight excluding hydrogens is 376 g/mol. The summed E-state index contributed by atoms with van der Waals surface area (Å²) in [5, 5.41) is 4.11. The fraction of sp³-hybridized carbons (Fsp3) is 0.0667. The van der Waals surface area contributed by atoms with Crippen LogP contribution in [0.3, 0.4) is 0 Å². The third kappa shape index (κ3) is 5.18. The molecule has 2 aromatic carbocycles. The molecule has 0 aliphatic heterocycles. The summed E-state index contributed by atoms with van der Waals surface area (Å²) in [4.78, 5) is 23.7. The molecule has 0 aliphatic rings. The molecule has 0 saturated carbocycles. The van der Waals surface area contributed by atoms with Gasteiger partial charge in [-0.3, -0.25) is 0 Å². The maximum atomic E-state index is 11.9. The van der Waals surface area contributed by atoms with E-state index in [2.05, 4.69) is 5.32 Å². The summed E-state index contributed by atoms with van der Waals surface area (Å²) in [5.41, 5.74) is 1.25. The van der Waals surface area contributed by atoms with Crippen molar-refractivity contribution in [2.75, 3.05) is 5.32 Å². The quantitative estimate of drug-likeness (QED) is 0.792. The van der Waals surface area contributed by atoms with Crippen molar-refractivity contribution in [3.63, 3.8) is 0 Å². The van der Waals surface area contributed by atoms with Gasteiger partial charge in [0.15, 0.2) is 0 Å². The van der Waals surface area contributed by atoms with Gasteiger partial charge in [0.25, 0.3) is 0 Å². The number of anilines is 1. The first-order chi connectivity index (χ1) is 10.0. The van der Waals surface area contributed by atoms with Crippen molar-refractivity contribution in [3.8, 4) is 0 Å². The molecule has 2 rings (SSSR count). The first-order valence-corrected chi connectivity index (χ1v) is 8.85. The molecule has 1 N–H and O–H groups in total. The Bertz CT molecular complexity index is 642. The number of halogens is 2. The molecular formula is C15H11Cl2NO2Se. The second kappa shape index (κ2) is 7.62. The van der Waals surface area contributed by atoms with Crippen LogP contribution in [0.4, 0.5) is 5.69 Å². The van der Waals surface area contributed by atoms with Crippen LogP contribution in [0.25, 0.3) is 0 Å². The number of amides is 1. The van der Waals surface area contributed by atoms with Crippen molar-refractivity contribution >= 4 is 54.4 Å². The van der Waals surface area contributed by atoms with E-state index in [0.29, 0.717) is 21.3 Å². The van der Waals surface area contributed by atoms with Crippen LogP contribution in [-0.4, -0.2) is 25.5 Å². The zero-order chi connectivity index (χ0) is 15.2. The van der Waals surface area contributed by atoms with E-state index in [4.69, 9.17) is 23.2 Å². The zero-order valence-corrected chi connectivity index (χ0v) is 14.0. The third-order valence-electron chi connectivity index (χ3n) is 2.54. The van der Waals surface area contributed by atoms with Crippen molar-refractivity contribution < 1.29 is 9.59 Å².